The van der Waals surface area contributed by atoms with Gasteiger partial charge >= 0.3 is 0 Å². The third kappa shape index (κ3) is 3.02. The minimum absolute atomic E-state index is 0. The fraction of sp³-hybridized carbons (Fsp3) is 0. The Labute approximate surface area is 42.9 Å². The summed E-state index contributed by atoms with van der Waals surface area (Å²) >= 11 is 0. The van der Waals surface area contributed by atoms with Crippen molar-refractivity contribution in [3.8, 4) is 0 Å². The lowest BCUT2D eigenvalue weighted by molar-refractivity contribution is 1.09. The molecule has 1 heterocycles. The van der Waals surface area contributed by atoms with Crippen LogP contribution in [0, 0.1) is 0 Å². The van der Waals surface area contributed by atoms with Crippen LogP contribution in [0.2, 0.25) is 0 Å². The molecule has 0 spiro atoms. The van der Waals surface area contributed by atoms with Crippen molar-refractivity contribution in [3.05, 3.63) is 18.5 Å². The van der Waals surface area contributed by atoms with Gasteiger partial charge < -0.3 is 0 Å². The van der Waals surface area contributed by atoms with Gasteiger partial charge in [0.05, 0.1) is 0 Å². The zero-order chi connectivity index (χ0) is 3.54. The monoisotopic (exact) mass is 99.1 g/mol. The number of hydrogen-bond donors (Lipinski definition) is 1. The minimum Gasteiger partial charge on any atom is -0.286 e. The molecule has 0 aliphatic carbocycles. The van der Waals surface area contributed by atoms with Crippen molar-refractivity contribution in [2.75, 3.05) is 0 Å². The van der Waals surface area contributed by atoms with Gasteiger partial charge in [0, 0.05) is 20.8 Å². The van der Waals surface area contributed by atoms with Crippen LogP contribution in [0.25, 0.3) is 0 Å². The van der Waals surface area contributed by atoms with E-state index in [-0.39, 0.29) is 13.1 Å². The van der Waals surface area contributed by atoms with Crippen LogP contribution < -0.4 is 0 Å². The van der Waals surface area contributed by atoms with E-state index >= 15 is 0 Å². The molecular weight excluding hydrogens is 93.9 g/mol. The number of H-pyrrole nitrogens is 1. The molecule has 0 amide bonds. The fourth-order valence-electron chi connectivity index (χ4n) is 0.215. The molecule has 0 aliphatic heterocycles. The van der Waals surface area contributed by atoms with Crippen molar-refractivity contribution in [1.82, 2.24) is 10.2 Å². The Kier molecular flexibility index (Phi) is 7.07. The molecule has 1 N–H and O–H groups in total. The van der Waals surface area contributed by atoms with Crippen LogP contribution in [0.3, 0.4) is 0 Å². The van der Waals surface area contributed by atoms with Crippen molar-refractivity contribution >= 4 is 8.41 Å². The number of nitrogens with zero attached hydrogens (tertiary/aromatic N) is 1. The average Bonchev–Trinajstić information content (AvgIpc) is 1.76. The van der Waals surface area contributed by atoms with Crippen molar-refractivity contribution < 1.29 is 4.70 Å². The molecule has 0 atom stereocenters. The Hall–Kier alpha value is -0.795. The predicted octanol–water partition coefficient (Wildman–Crippen LogP) is 0.181. The largest absolute Gasteiger partial charge is 0.286 e. The van der Waals surface area contributed by atoms with Crippen LogP contribution in [0.5, 0.6) is 0 Å². The molecule has 2 nitrogen and oxygen atoms in total. The van der Waals surface area contributed by atoms with E-state index in [0.29, 0.717) is 0 Å². The van der Waals surface area contributed by atoms with Crippen LogP contribution in [0.15, 0.2) is 18.5 Å². The number of halogens is 1. The number of aromatic nitrogens is 2. The topological polar surface area (TPSA) is 28.7 Å². The molecule has 0 saturated heterocycles. The first-order chi connectivity index (χ1) is 2.50. The minimum atomic E-state index is 0. The lowest BCUT2D eigenvalue weighted by atomic mass is 10.8. The number of nitrogens with one attached hydrogen (secondary N) is 1. The number of hydrogen-bond acceptors (Lipinski definition) is 1. The zero-order valence-electron chi connectivity index (χ0n) is 3.66. The predicted molar refractivity (Wildman–Crippen MR) is 26.8 cm³/mol. The van der Waals surface area contributed by atoms with Gasteiger partial charge in [-0.1, -0.05) is 0 Å². The van der Waals surface area contributed by atoms with E-state index in [1.54, 1.807) is 12.4 Å². The highest BCUT2D eigenvalue weighted by atomic mass is 19.0. The molecule has 0 aliphatic rings. The third-order valence-electron chi connectivity index (χ3n) is 0.406. The normalized spacial score (nSPS) is 5.71. The summed E-state index contributed by atoms with van der Waals surface area (Å²) in [6, 6.07) is 1.83. The van der Waals surface area contributed by atoms with Gasteiger partial charge in [-0.3, -0.25) is 9.80 Å². The van der Waals surface area contributed by atoms with Crippen LogP contribution >= 0.6 is 0 Å². The highest BCUT2D eigenvalue weighted by molar-refractivity contribution is 5.75. The molecule has 0 saturated carbocycles. The second-order valence-corrected chi connectivity index (χ2v) is 0.766. The van der Waals surface area contributed by atoms with E-state index in [1.807, 2.05) is 6.07 Å². The lowest BCUT2D eigenvalue weighted by Crippen LogP contribution is -1.53. The molecule has 0 aromatic carbocycles. The summed E-state index contributed by atoms with van der Waals surface area (Å²) in [5, 5.41) is 6.21. The molecule has 4 heteroatoms. The smallest absolute Gasteiger partial charge is 0.0487 e. The molecule has 1 aromatic heterocycles. The highest BCUT2D eigenvalue weighted by Gasteiger charge is 1.56. The fourth-order valence-corrected chi connectivity index (χ4v) is 0.215. The molecular formula is C3H5BFN2. The lowest BCUT2D eigenvalue weighted by Gasteiger charge is -1.49. The Morgan fingerprint density at radius 3 is 2.29 bits per heavy atom. The molecule has 37 valence electrons. The molecule has 0 fully saturated rings. The van der Waals surface area contributed by atoms with Crippen LogP contribution in [-0.2, 0) is 0 Å². The zero-order valence-corrected chi connectivity index (χ0v) is 3.66. The van der Waals surface area contributed by atoms with Crippen molar-refractivity contribution in [2.45, 2.75) is 0 Å². The van der Waals surface area contributed by atoms with E-state index in [1.165, 1.54) is 0 Å². The Balaban J connectivity index is 0. The first-order valence-corrected chi connectivity index (χ1v) is 1.44. The van der Waals surface area contributed by atoms with Gasteiger partial charge in [-0.2, -0.15) is 5.10 Å². The Morgan fingerprint density at radius 2 is 2.14 bits per heavy atom. The summed E-state index contributed by atoms with van der Waals surface area (Å²) in [6.45, 7) is 0. The summed E-state index contributed by atoms with van der Waals surface area (Å²) in [7, 11) is 0. The van der Waals surface area contributed by atoms with Crippen LogP contribution in [0.4, 0.5) is 4.70 Å². The third-order valence-corrected chi connectivity index (χ3v) is 0.406. The first-order valence-electron chi connectivity index (χ1n) is 1.44. The van der Waals surface area contributed by atoms with E-state index in [2.05, 4.69) is 10.2 Å². The summed E-state index contributed by atoms with van der Waals surface area (Å²) in [5.74, 6) is 0. The maximum Gasteiger partial charge on any atom is 0.0487 e. The maximum atomic E-state index is 3.60. The van der Waals surface area contributed by atoms with E-state index in [9.17, 15) is 0 Å². The van der Waals surface area contributed by atoms with Gasteiger partial charge in [-0.15, -0.1) is 0 Å². The van der Waals surface area contributed by atoms with E-state index < -0.39 is 0 Å². The Morgan fingerprint density at radius 1 is 1.43 bits per heavy atom. The van der Waals surface area contributed by atoms with Crippen molar-refractivity contribution in [2.24, 2.45) is 0 Å². The van der Waals surface area contributed by atoms with Gasteiger partial charge in [-0.25, -0.2) is 0 Å². The summed E-state index contributed by atoms with van der Waals surface area (Å²) < 4.78 is 0. The van der Waals surface area contributed by atoms with Crippen LogP contribution in [0.1, 0.15) is 0 Å². The second kappa shape index (κ2) is 5.20. The summed E-state index contributed by atoms with van der Waals surface area (Å²) in [6.07, 6.45) is 3.46. The summed E-state index contributed by atoms with van der Waals surface area (Å²) in [5.41, 5.74) is 0. The van der Waals surface area contributed by atoms with Crippen molar-refractivity contribution in [1.29, 1.82) is 0 Å². The summed E-state index contributed by atoms with van der Waals surface area (Å²) in [4.78, 5) is 0. The standard InChI is InChI=1S/C3H4N2.B.FH/c1-2-4-5-3-1;;/h1-3H,(H,4,5);;1H. The van der Waals surface area contributed by atoms with Gasteiger partial charge in [0.2, 0.25) is 0 Å². The average molecular weight is 98.9 g/mol. The molecule has 3 radical (unpaired) electrons. The number of aromatic amines is 1. The molecule has 0 unspecified atom stereocenters. The molecule has 0 bridgehead atoms. The molecule has 7 heavy (non-hydrogen) atoms. The quantitative estimate of drug-likeness (QED) is 0.461. The van der Waals surface area contributed by atoms with Gasteiger partial charge in [0.25, 0.3) is 0 Å². The SMILES string of the molecule is F.[B].c1cn[nH]c1. The van der Waals surface area contributed by atoms with E-state index in [4.69, 9.17) is 0 Å². The second-order valence-electron chi connectivity index (χ2n) is 0.766. The highest BCUT2D eigenvalue weighted by Crippen LogP contribution is 1.64. The molecule has 1 rings (SSSR count). The van der Waals surface area contributed by atoms with E-state index in [0.717, 1.165) is 0 Å². The van der Waals surface area contributed by atoms with Crippen LogP contribution in [-0.4, -0.2) is 18.6 Å². The first kappa shape index (κ1) is 9.51. The van der Waals surface area contributed by atoms with Gasteiger partial charge in [-0.05, 0) is 6.07 Å². The maximum absolute atomic E-state index is 3.60. The van der Waals surface area contributed by atoms with Gasteiger partial charge in [0.1, 0.15) is 0 Å². The number of rotatable bonds is 0. The van der Waals surface area contributed by atoms with Crippen molar-refractivity contribution in [3.63, 3.8) is 0 Å². The molecule has 1 aromatic rings. The van der Waals surface area contributed by atoms with Gasteiger partial charge in [0.15, 0.2) is 0 Å². The Bertz CT molecular complexity index is 69.4.